The summed E-state index contributed by atoms with van der Waals surface area (Å²) in [6, 6.07) is 2.38. The standard InChI is InChI=1S/C17H14O6/c1-16-11-10(14(23-16)15(22)17(16)4-5-17)12(20)8-6(18)2-3-7(19)9(8)13(11)21/h2-3,10-11,14,18-19H,4-5H2,1H3. The number of hydrogen-bond donors (Lipinski definition) is 2. The molecule has 4 atom stereocenters. The number of benzene rings is 1. The van der Waals surface area contributed by atoms with Gasteiger partial charge in [-0.2, -0.15) is 0 Å². The first-order chi connectivity index (χ1) is 10.8. The van der Waals surface area contributed by atoms with Crippen LogP contribution in [0.15, 0.2) is 12.1 Å². The molecule has 118 valence electrons. The Balaban J connectivity index is 1.78. The number of aromatic hydroxyl groups is 2. The van der Waals surface area contributed by atoms with Crippen LogP contribution >= 0.6 is 0 Å². The zero-order valence-electron chi connectivity index (χ0n) is 12.3. The van der Waals surface area contributed by atoms with E-state index in [4.69, 9.17) is 4.74 Å². The molecule has 1 saturated carbocycles. The molecule has 5 rings (SSSR count). The van der Waals surface area contributed by atoms with Gasteiger partial charge in [-0.15, -0.1) is 0 Å². The molecule has 4 aliphatic rings. The van der Waals surface area contributed by atoms with E-state index in [-0.39, 0.29) is 28.4 Å². The second kappa shape index (κ2) is 3.48. The summed E-state index contributed by atoms with van der Waals surface area (Å²) in [5.74, 6) is -3.34. The molecule has 1 spiro atoms. The fourth-order valence-corrected chi connectivity index (χ4v) is 5.04. The van der Waals surface area contributed by atoms with E-state index >= 15 is 0 Å². The lowest BCUT2D eigenvalue weighted by atomic mass is 9.58. The van der Waals surface area contributed by atoms with Crippen LogP contribution in [-0.2, 0) is 9.53 Å². The van der Waals surface area contributed by atoms with Crippen LogP contribution in [-0.4, -0.2) is 39.3 Å². The molecule has 2 bridgehead atoms. The van der Waals surface area contributed by atoms with Gasteiger partial charge in [0.15, 0.2) is 17.3 Å². The Bertz CT molecular complexity index is 836. The minimum Gasteiger partial charge on any atom is -0.507 e. The van der Waals surface area contributed by atoms with Gasteiger partial charge < -0.3 is 14.9 Å². The lowest BCUT2D eigenvalue weighted by Gasteiger charge is -2.40. The number of phenols is 2. The first-order valence-corrected chi connectivity index (χ1v) is 7.69. The Morgan fingerprint density at radius 2 is 1.61 bits per heavy atom. The van der Waals surface area contributed by atoms with Gasteiger partial charge >= 0.3 is 0 Å². The molecule has 1 aromatic carbocycles. The fraction of sp³-hybridized carbons (Fsp3) is 0.471. The summed E-state index contributed by atoms with van der Waals surface area (Å²) in [6.45, 7) is 1.73. The normalized spacial score (nSPS) is 38.8. The summed E-state index contributed by atoms with van der Waals surface area (Å²) >= 11 is 0. The zero-order valence-corrected chi connectivity index (χ0v) is 12.3. The third-order valence-corrected chi connectivity index (χ3v) is 6.32. The van der Waals surface area contributed by atoms with E-state index in [0.717, 1.165) is 0 Å². The first kappa shape index (κ1) is 13.2. The maximum Gasteiger partial charge on any atom is 0.174 e. The van der Waals surface area contributed by atoms with Crippen molar-refractivity contribution in [1.82, 2.24) is 0 Å². The molecule has 6 nitrogen and oxygen atoms in total. The van der Waals surface area contributed by atoms with Crippen molar-refractivity contribution in [1.29, 1.82) is 0 Å². The lowest BCUT2D eigenvalue weighted by Crippen LogP contribution is -2.55. The van der Waals surface area contributed by atoms with Crippen molar-refractivity contribution >= 4 is 17.3 Å². The van der Waals surface area contributed by atoms with Gasteiger partial charge in [0, 0.05) is 0 Å². The highest BCUT2D eigenvalue weighted by Crippen LogP contribution is 2.71. The second-order valence-electron chi connectivity index (χ2n) is 7.18. The predicted molar refractivity (Wildman–Crippen MR) is 75.4 cm³/mol. The molecular formula is C17H14O6. The van der Waals surface area contributed by atoms with Crippen molar-refractivity contribution in [3.63, 3.8) is 0 Å². The third kappa shape index (κ3) is 1.15. The lowest BCUT2D eigenvalue weighted by molar-refractivity contribution is -0.127. The summed E-state index contributed by atoms with van der Waals surface area (Å²) in [7, 11) is 0. The number of hydrogen-bond acceptors (Lipinski definition) is 6. The molecule has 2 heterocycles. The van der Waals surface area contributed by atoms with Crippen LogP contribution < -0.4 is 0 Å². The van der Waals surface area contributed by atoms with Crippen molar-refractivity contribution in [2.24, 2.45) is 17.3 Å². The first-order valence-electron chi connectivity index (χ1n) is 7.69. The van der Waals surface area contributed by atoms with Gasteiger partial charge in [-0.05, 0) is 31.9 Å². The van der Waals surface area contributed by atoms with Crippen LogP contribution in [0.1, 0.15) is 40.5 Å². The van der Waals surface area contributed by atoms with Crippen LogP contribution in [0.2, 0.25) is 0 Å². The average molecular weight is 314 g/mol. The summed E-state index contributed by atoms with van der Waals surface area (Å²) in [5.41, 5.74) is -1.98. The molecule has 2 aliphatic heterocycles. The Kier molecular flexibility index (Phi) is 2.01. The van der Waals surface area contributed by atoms with E-state index < -0.39 is 40.5 Å². The Hall–Kier alpha value is -2.21. The number of phenolic OH excluding ortho intramolecular Hbond substituents is 2. The topological polar surface area (TPSA) is 101 Å². The number of carbonyl (C=O) groups is 3. The van der Waals surface area contributed by atoms with Crippen LogP contribution in [0.5, 0.6) is 11.5 Å². The van der Waals surface area contributed by atoms with Gasteiger partial charge in [0.1, 0.15) is 17.6 Å². The molecule has 0 amide bonds. The minimum absolute atomic E-state index is 0.0921. The predicted octanol–water partition coefficient (Wildman–Crippen LogP) is 1.23. The number of rotatable bonds is 0. The highest BCUT2D eigenvalue weighted by atomic mass is 16.5. The molecule has 3 fully saturated rings. The maximum absolute atomic E-state index is 13.0. The minimum atomic E-state index is -0.998. The van der Waals surface area contributed by atoms with Crippen molar-refractivity contribution in [3.8, 4) is 11.5 Å². The van der Waals surface area contributed by atoms with Gasteiger partial charge in [0.05, 0.1) is 34.0 Å². The number of fused-ring (bicyclic) bond motifs is 7. The second-order valence-corrected chi connectivity index (χ2v) is 7.18. The number of carbonyl (C=O) groups excluding carboxylic acids is 3. The van der Waals surface area contributed by atoms with Crippen molar-refractivity contribution in [3.05, 3.63) is 23.3 Å². The van der Waals surface area contributed by atoms with Gasteiger partial charge in [-0.25, -0.2) is 0 Å². The van der Waals surface area contributed by atoms with Crippen LogP contribution in [0, 0.1) is 17.3 Å². The van der Waals surface area contributed by atoms with Gasteiger partial charge in [0.2, 0.25) is 0 Å². The quantitative estimate of drug-likeness (QED) is 0.699. The van der Waals surface area contributed by atoms with Crippen LogP contribution in [0.4, 0.5) is 0 Å². The van der Waals surface area contributed by atoms with E-state index in [1.807, 2.05) is 0 Å². The molecule has 2 saturated heterocycles. The molecule has 6 heteroatoms. The van der Waals surface area contributed by atoms with Crippen LogP contribution in [0.3, 0.4) is 0 Å². The van der Waals surface area contributed by atoms with Gasteiger partial charge in [0.25, 0.3) is 0 Å². The van der Waals surface area contributed by atoms with Crippen molar-refractivity contribution in [2.75, 3.05) is 0 Å². The fourth-order valence-electron chi connectivity index (χ4n) is 5.04. The Morgan fingerprint density at radius 1 is 1.04 bits per heavy atom. The number of Topliss-reactive ketones (excluding diaryl/α,β-unsaturated/α-hetero) is 3. The SMILES string of the molecule is CC12OC(C(=O)C13CC3)C1C(=O)c3c(O)ccc(O)c3C(=O)C12. The summed E-state index contributed by atoms with van der Waals surface area (Å²) < 4.78 is 5.89. The van der Waals surface area contributed by atoms with Crippen LogP contribution in [0.25, 0.3) is 0 Å². The Labute approximate surface area is 131 Å². The van der Waals surface area contributed by atoms with Crippen molar-refractivity contribution < 1.29 is 29.3 Å². The van der Waals surface area contributed by atoms with E-state index in [1.54, 1.807) is 6.92 Å². The molecule has 23 heavy (non-hydrogen) atoms. The molecular weight excluding hydrogens is 300 g/mol. The largest absolute Gasteiger partial charge is 0.507 e. The summed E-state index contributed by atoms with van der Waals surface area (Å²) in [6.07, 6.45) is 0.420. The maximum atomic E-state index is 13.0. The number of ether oxygens (including phenoxy) is 1. The van der Waals surface area contributed by atoms with Crippen molar-refractivity contribution in [2.45, 2.75) is 31.5 Å². The smallest absolute Gasteiger partial charge is 0.174 e. The number of ketones is 3. The van der Waals surface area contributed by atoms with Gasteiger partial charge in [-0.3, -0.25) is 14.4 Å². The third-order valence-electron chi connectivity index (χ3n) is 6.32. The van der Waals surface area contributed by atoms with E-state index in [1.165, 1.54) is 12.1 Å². The molecule has 2 aliphatic carbocycles. The van der Waals surface area contributed by atoms with E-state index in [9.17, 15) is 24.6 Å². The highest BCUT2D eigenvalue weighted by molar-refractivity contribution is 6.22. The molecule has 4 unspecified atom stereocenters. The van der Waals surface area contributed by atoms with E-state index in [0.29, 0.717) is 12.8 Å². The molecule has 1 aromatic rings. The average Bonchev–Trinajstić information content (AvgIpc) is 3.21. The van der Waals surface area contributed by atoms with E-state index in [2.05, 4.69) is 0 Å². The zero-order chi connectivity index (χ0) is 16.3. The summed E-state index contributed by atoms with van der Waals surface area (Å²) in [5, 5.41) is 20.0. The monoisotopic (exact) mass is 314 g/mol. The molecule has 2 N–H and O–H groups in total. The molecule has 0 radical (unpaired) electrons. The molecule has 0 aromatic heterocycles. The summed E-state index contributed by atoms with van der Waals surface area (Å²) in [4.78, 5) is 38.5. The van der Waals surface area contributed by atoms with Gasteiger partial charge in [-0.1, -0.05) is 0 Å². The highest BCUT2D eigenvalue weighted by Gasteiger charge is 2.81. The Morgan fingerprint density at radius 3 is 2.17 bits per heavy atom.